The van der Waals surface area contributed by atoms with E-state index in [-0.39, 0.29) is 11.6 Å². The minimum atomic E-state index is -0.581. The molecule has 1 N–H and O–H groups in total. The summed E-state index contributed by atoms with van der Waals surface area (Å²) in [7, 11) is 1.27. The lowest BCUT2D eigenvalue weighted by Gasteiger charge is -2.12. The fourth-order valence-corrected chi connectivity index (χ4v) is 2.46. The maximum atomic E-state index is 12.3. The van der Waals surface area contributed by atoms with Crippen molar-refractivity contribution < 1.29 is 23.8 Å². The zero-order valence-corrected chi connectivity index (χ0v) is 15.8. The maximum absolute atomic E-state index is 12.3. The number of methoxy groups -OCH3 is 1. The maximum Gasteiger partial charge on any atom is 0.356 e. The number of pyridine rings is 1. The molecule has 0 radical (unpaired) electrons. The second-order valence-electron chi connectivity index (χ2n) is 5.57. The first-order valence-corrected chi connectivity index (χ1v) is 8.80. The summed E-state index contributed by atoms with van der Waals surface area (Å²) in [6, 6.07) is 8.69. The van der Waals surface area contributed by atoms with Gasteiger partial charge < -0.3 is 19.5 Å². The fourth-order valence-electron chi connectivity index (χ4n) is 2.46. The van der Waals surface area contributed by atoms with Gasteiger partial charge in [-0.3, -0.25) is 4.79 Å². The van der Waals surface area contributed by atoms with E-state index in [4.69, 9.17) is 9.47 Å². The predicted molar refractivity (Wildman–Crippen MR) is 100 cm³/mol. The number of esters is 1. The molecule has 27 heavy (non-hydrogen) atoms. The lowest BCUT2D eigenvalue weighted by Crippen LogP contribution is -2.26. The van der Waals surface area contributed by atoms with Crippen LogP contribution in [0.25, 0.3) is 0 Å². The van der Waals surface area contributed by atoms with Gasteiger partial charge in [0.25, 0.3) is 5.91 Å². The molecule has 0 aliphatic rings. The van der Waals surface area contributed by atoms with Crippen LogP contribution in [0.2, 0.25) is 0 Å². The molecule has 0 aliphatic carbocycles. The molecule has 0 saturated carbocycles. The molecule has 2 rings (SSSR count). The quantitative estimate of drug-likeness (QED) is 0.681. The molecular weight excluding hydrogens is 348 g/mol. The molecule has 1 heterocycles. The number of ether oxygens (including phenoxy) is 3. The molecule has 0 aliphatic heterocycles. The number of nitrogens with zero attached hydrogens (tertiary/aromatic N) is 1. The summed E-state index contributed by atoms with van der Waals surface area (Å²) >= 11 is 0. The van der Waals surface area contributed by atoms with Crippen LogP contribution >= 0.6 is 0 Å². The molecule has 0 saturated heterocycles. The summed E-state index contributed by atoms with van der Waals surface area (Å²) in [5.41, 5.74) is 1.47. The molecular formula is C20H24N2O5. The Hall–Kier alpha value is -3.09. The van der Waals surface area contributed by atoms with Gasteiger partial charge in [-0.1, -0.05) is 6.07 Å². The van der Waals surface area contributed by atoms with Gasteiger partial charge in [0.05, 0.1) is 20.3 Å². The molecule has 0 fully saturated rings. The second-order valence-corrected chi connectivity index (χ2v) is 5.57. The molecule has 0 atom stereocenters. The number of hydrogen-bond acceptors (Lipinski definition) is 6. The highest BCUT2D eigenvalue weighted by Gasteiger charge is 2.12. The van der Waals surface area contributed by atoms with Gasteiger partial charge >= 0.3 is 5.97 Å². The second kappa shape index (κ2) is 10.2. The third-order valence-corrected chi connectivity index (χ3v) is 3.72. The van der Waals surface area contributed by atoms with Crippen LogP contribution in [0.1, 0.15) is 40.3 Å². The van der Waals surface area contributed by atoms with Gasteiger partial charge in [0.15, 0.2) is 11.5 Å². The highest BCUT2D eigenvalue weighted by molar-refractivity contribution is 5.96. The smallest absolute Gasteiger partial charge is 0.356 e. The van der Waals surface area contributed by atoms with E-state index in [0.717, 1.165) is 5.56 Å². The van der Waals surface area contributed by atoms with E-state index < -0.39 is 5.97 Å². The first-order valence-electron chi connectivity index (χ1n) is 8.80. The van der Waals surface area contributed by atoms with E-state index in [1.54, 1.807) is 6.07 Å². The molecule has 7 heteroatoms. The largest absolute Gasteiger partial charge is 0.490 e. The Morgan fingerprint density at radius 2 is 1.78 bits per heavy atom. The van der Waals surface area contributed by atoms with Gasteiger partial charge in [-0.25, -0.2) is 9.78 Å². The summed E-state index contributed by atoms with van der Waals surface area (Å²) in [5, 5.41) is 2.83. The minimum Gasteiger partial charge on any atom is -0.490 e. The zero-order chi connectivity index (χ0) is 19.6. The van der Waals surface area contributed by atoms with E-state index in [0.29, 0.717) is 43.2 Å². The Morgan fingerprint density at radius 1 is 1.04 bits per heavy atom. The number of hydrogen-bond donors (Lipinski definition) is 1. The number of amides is 1. The molecule has 1 aromatic heterocycles. The van der Waals surface area contributed by atoms with Gasteiger partial charge in [0.2, 0.25) is 0 Å². The van der Waals surface area contributed by atoms with E-state index in [1.807, 2.05) is 32.0 Å². The van der Waals surface area contributed by atoms with Gasteiger partial charge in [-0.15, -0.1) is 0 Å². The lowest BCUT2D eigenvalue weighted by atomic mass is 10.1. The highest BCUT2D eigenvalue weighted by Crippen LogP contribution is 2.28. The summed E-state index contributed by atoms with van der Waals surface area (Å²) < 4.78 is 15.8. The summed E-state index contributed by atoms with van der Waals surface area (Å²) in [5.74, 6) is 0.542. The Bertz CT molecular complexity index is 792. The van der Waals surface area contributed by atoms with Gasteiger partial charge in [-0.05, 0) is 50.1 Å². The van der Waals surface area contributed by atoms with Crippen LogP contribution in [-0.4, -0.2) is 43.7 Å². The minimum absolute atomic E-state index is 0.0954. The Labute approximate surface area is 158 Å². The van der Waals surface area contributed by atoms with E-state index in [2.05, 4.69) is 15.0 Å². The summed E-state index contributed by atoms with van der Waals surface area (Å²) in [6.07, 6.45) is 2.04. The van der Waals surface area contributed by atoms with Crippen molar-refractivity contribution in [3.63, 3.8) is 0 Å². The van der Waals surface area contributed by atoms with Crippen LogP contribution in [0.15, 0.2) is 36.5 Å². The number of aromatic nitrogens is 1. The van der Waals surface area contributed by atoms with Crippen molar-refractivity contribution in [1.82, 2.24) is 10.3 Å². The molecule has 0 bridgehead atoms. The SMILES string of the molecule is CCOc1ccc(CCNC(=O)c2ccnc(C(=O)OC)c2)cc1OCC. The van der Waals surface area contributed by atoms with Crippen molar-refractivity contribution in [2.24, 2.45) is 0 Å². The molecule has 7 nitrogen and oxygen atoms in total. The number of carbonyl (C=O) groups is 2. The summed E-state index contributed by atoms with van der Waals surface area (Å²) in [4.78, 5) is 27.7. The van der Waals surface area contributed by atoms with E-state index >= 15 is 0 Å². The number of carbonyl (C=O) groups excluding carboxylic acids is 2. The van der Waals surface area contributed by atoms with Crippen molar-refractivity contribution in [2.45, 2.75) is 20.3 Å². The Kier molecular flexibility index (Phi) is 7.61. The lowest BCUT2D eigenvalue weighted by molar-refractivity contribution is 0.0594. The third kappa shape index (κ3) is 5.70. The first-order chi connectivity index (χ1) is 13.1. The molecule has 2 aromatic rings. The van der Waals surface area contributed by atoms with Crippen LogP contribution in [0.4, 0.5) is 0 Å². The van der Waals surface area contributed by atoms with Crippen molar-refractivity contribution in [3.05, 3.63) is 53.3 Å². The van der Waals surface area contributed by atoms with Crippen molar-refractivity contribution in [3.8, 4) is 11.5 Å². The fraction of sp³-hybridized carbons (Fsp3) is 0.350. The van der Waals surface area contributed by atoms with Crippen LogP contribution in [-0.2, 0) is 11.2 Å². The highest BCUT2D eigenvalue weighted by atomic mass is 16.5. The number of rotatable bonds is 9. The van der Waals surface area contributed by atoms with Crippen LogP contribution in [0.5, 0.6) is 11.5 Å². The average Bonchev–Trinajstić information content (AvgIpc) is 2.69. The van der Waals surface area contributed by atoms with Gasteiger partial charge in [0.1, 0.15) is 5.69 Å². The Balaban J connectivity index is 1.96. The summed E-state index contributed by atoms with van der Waals surface area (Å²) in [6.45, 7) is 5.39. The van der Waals surface area contributed by atoms with E-state index in [1.165, 1.54) is 19.4 Å². The monoisotopic (exact) mass is 372 g/mol. The van der Waals surface area contributed by atoms with Crippen molar-refractivity contribution in [2.75, 3.05) is 26.9 Å². The molecule has 1 amide bonds. The van der Waals surface area contributed by atoms with Gasteiger partial charge in [-0.2, -0.15) is 0 Å². The molecule has 144 valence electrons. The van der Waals surface area contributed by atoms with Crippen LogP contribution in [0.3, 0.4) is 0 Å². The van der Waals surface area contributed by atoms with Crippen LogP contribution in [0, 0.1) is 0 Å². The molecule has 0 spiro atoms. The standard InChI is InChI=1S/C20H24N2O5/c1-4-26-17-7-6-14(12-18(17)27-5-2)8-10-22-19(23)15-9-11-21-16(13-15)20(24)25-3/h6-7,9,11-13H,4-5,8,10H2,1-3H3,(H,22,23). The van der Waals surface area contributed by atoms with Crippen molar-refractivity contribution >= 4 is 11.9 Å². The number of benzene rings is 1. The third-order valence-electron chi connectivity index (χ3n) is 3.72. The predicted octanol–water partition coefficient (Wildman–Crippen LogP) is 2.64. The Morgan fingerprint density at radius 3 is 2.48 bits per heavy atom. The average molecular weight is 372 g/mol. The zero-order valence-electron chi connectivity index (χ0n) is 15.8. The number of nitrogens with one attached hydrogen (secondary N) is 1. The molecule has 0 unspecified atom stereocenters. The molecule has 1 aromatic carbocycles. The van der Waals surface area contributed by atoms with Crippen LogP contribution < -0.4 is 14.8 Å². The van der Waals surface area contributed by atoms with Gasteiger partial charge in [0, 0.05) is 18.3 Å². The van der Waals surface area contributed by atoms with E-state index in [9.17, 15) is 9.59 Å². The normalized spacial score (nSPS) is 10.2. The topological polar surface area (TPSA) is 86.8 Å². The first kappa shape index (κ1) is 20.2. The van der Waals surface area contributed by atoms with Crippen molar-refractivity contribution in [1.29, 1.82) is 0 Å².